The molecule has 0 bridgehead atoms. The van der Waals surface area contributed by atoms with Gasteiger partial charge in [0.2, 0.25) is 0 Å². The molecule has 0 fully saturated rings. The molecule has 0 heterocycles. The first-order chi connectivity index (χ1) is 17.9. The zero-order valence-corrected chi connectivity index (χ0v) is 23.2. The largest absolute Gasteiger partial charge is 0.491 e. The van der Waals surface area contributed by atoms with Crippen molar-refractivity contribution in [1.82, 2.24) is 0 Å². The van der Waals surface area contributed by atoms with Gasteiger partial charge in [-0.15, -0.1) is 11.6 Å². The first-order valence-electron chi connectivity index (χ1n) is 13.6. The first kappa shape index (κ1) is 33.1. The van der Waals surface area contributed by atoms with E-state index < -0.39 is 0 Å². The van der Waals surface area contributed by atoms with Gasteiger partial charge in [0.15, 0.2) is 0 Å². The van der Waals surface area contributed by atoms with Crippen LogP contribution in [0.25, 0.3) is 0 Å². The molecule has 0 aliphatic carbocycles. The molecule has 0 aliphatic heterocycles. The van der Waals surface area contributed by atoms with Gasteiger partial charge in [-0.3, -0.25) is 0 Å². The third-order valence-corrected chi connectivity index (χ3v) is 5.47. The summed E-state index contributed by atoms with van der Waals surface area (Å²) in [4.78, 5) is 0. The van der Waals surface area contributed by atoms with E-state index in [-0.39, 0.29) is 0 Å². The molecule has 0 aliphatic rings. The number of halogens is 1. The molecule has 0 radical (unpaired) electrons. The van der Waals surface area contributed by atoms with E-state index in [1.807, 2.05) is 0 Å². The SMILES string of the molecule is CCCCCCCCc1ccc(OCCOCCOCCOCCOCCOCCOCCCl)cc1. The van der Waals surface area contributed by atoms with Crippen LogP contribution in [-0.2, 0) is 34.8 Å². The lowest BCUT2D eigenvalue weighted by atomic mass is 10.0. The van der Waals surface area contributed by atoms with Crippen LogP contribution in [0.5, 0.6) is 5.75 Å². The van der Waals surface area contributed by atoms with E-state index in [0.717, 1.165) is 12.2 Å². The van der Waals surface area contributed by atoms with Gasteiger partial charge in [-0.25, -0.2) is 0 Å². The Balaban J connectivity index is 1.78. The smallest absolute Gasteiger partial charge is 0.119 e. The Morgan fingerprint density at radius 2 is 0.917 bits per heavy atom. The van der Waals surface area contributed by atoms with Crippen molar-refractivity contribution in [1.29, 1.82) is 0 Å². The van der Waals surface area contributed by atoms with E-state index in [4.69, 9.17) is 44.8 Å². The van der Waals surface area contributed by atoms with E-state index in [1.54, 1.807) is 0 Å². The molecule has 0 amide bonds. The van der Waals surface area contributed by atoms with Gasteiger partial charge in [0.1, 0.15) is 12.4 Å². The summed E-state index contributed by atoms with van der Waals surface area (Å²) in [5.41, 5.74) is 1.38. The minimum atomic E-state index is 0.507. The maximum atomic E-state index is 5.75. The number of aryl methyl sites for hydroxylation is 1. The molecule has 0 unspecified atom stereocenters. The van der Waals surface area contributed by atoms with Gasteiger partial charge in [-0.05, 0) is 30.5 Å². The molecular formula is C28H49ClO7. The zero-order valence-electron chi connectivity index (χ0n) is 22.4. The van der Waals surface area contributed by atoms with Crippen molar-refractivity contribution in [2.75, 3.05) is 91.8 Å². The van der Waals surface area contributed by atoms with Gasteiger partial charge < -0.3 is 33.2 Å². The Kier molecular flexibility index (Phi) is 24.9. The van der Waals surface area contributed by atoms with E-state index in [2.05, 4.69) is 31.2 Å². The van der Waals surface area contributed by atoms with Crippen LogP contribution in [0.2, 0.25) is 0 Å². The number of benzene rings is 1. The highest BCUT2D eigenvalue weighted by atomic mass is 35.5. The van der Waals surface area contributed by atoms with Gasteiger partial charge in [0, 0.05) is 5.88 Å². The summed E-state index contributed by atoms with van der Waals surface area (Å²) in [5, 5.41) is 0. The van der Waals surface area contributed by atoms with Gasteiger partial charge >= 0.3 is 0 Å². The Morgan fingerprint density at radius 3 is 1.39 bits per heavy atom. The molecule has 0 aromatic heterocycles. The van der Waals surface area contributed by atoms with Crippen molar-refractivity contribution < 1.29 is 33.2 Å². The standard InChI is InChI=1S/C28H49ClO7/c1-2-3-4-5-6-7-8-27-9-11-28(12-10-27)36-26-25-35-24-23-34-22-21-33-20-19-32-18-17-31-16-15-30-14-13-29/h9-12H,2-8,13-26H2,1H3. The first-order valence-corrected chi connectivity index (χ1v) is 14.1. The Hall–Kier alpha value is -0.930. The molecule has 8 heteroatoms. The molecule has 1 rings (SSSR count). The topological polar surface area (TPSA) is 64.6 Å². The number of alkyl halides is 1. The van der Waals surface area contributed by atoms with Crippen molar-refractivity contribution in [3.05, 3.63) is 29.8 Å². The monoisotopic (exact) mass is 532 g/mol. The lowest BCUT2D eigenvalue weighted by Gasteiger charge is -2.09. The molecule has 1 aromatic carbocycles. The van der Waals surface area contributed by atoms with E-state index in [9.17, 15) is 0 Å². The molecule has 0 saturated carbocycles. The average molecular weight is 533 g/mol. The molecule has 210 valence electrons. The maximum Gasteiger partial charge on any atom is 0.119 e. The fourth-order valence-electron chi connectivity index (χ4n) is 3.34. The molecule has 0 atom stereocenters. The Morgan fingerprint density at radius 1 is 0.500 bits per heavy atom. The Bertz CT molecular complexity index is 559. The zero-order chi connectivity index (χ0) is 25.8. The van der Waals surface area contributed by atoms with Crippen molar-refractivity contribution in [3.8, 4) is 5.75 Å². The second-order valence-corrected chi connectivity index (χ2v) is 8.75. The summed E-state index contributed by atoms with van der Waals surface area (Å²) in [6.45, 7) is 9.32. The third-order valence-electron chi connectivity index (χ3n) is 5.32. The van der Waals surface area contributed by atoms with Crippen LogP contribution in [0.4, 0.5) is 0 Å². The van der Waals surface area contributed by atoms with Crippen molar-refractivity contribution in [2.24, 2.45) is 0 Å². The van der Waals surface area contributed by atoms with E-state index in [0.29, 0.717) is 91.8 Å². The molecule has 0 spiro atoms. The third kappa shape index (κ3) is 22.3. The minimum absolute atomic E-state index is 0.507. The predicted octanol–water partition coefficient (Wildman–Crippen LogP) is 5.31. The fourth-order valence-corrected chi connectivity index (χ4v) is 3.45. The highest BCUT2D eigenvalue weighted by molar-refractivity contribution is 6.17. The Labute approximate surface area is 224 Å². The van der Waals surface area contributed by atoms with E-state index >= 15 is 0 Å². The van der Waals surface area contributed by atoms with Gasteiger partial charge in [0.25, 0.3) is 0 Å². The molecular weight excluding hydrogens is 484 g/mol. The van der Waals surface area contributed by atoms with Crippen molar-refractivity contribution in [3.63, 3.8) is 0 Å². The molecule has 0 saturated heterocycles. The summed E-state index contributed by atoms with van der Waals surface area (Å²) in [7, 11) is 0. The van der Waals surface area contributed by atoms with Crippen LogP contribution in [0.1, 0.15) is 51.0 Å². The summed E-state index contributed by atoms with van der Waals surface area (Å²) in [5.74, 6) is 1.40. The van der Waals surface area contributed by atoms with Gasteiger partial charge in [0.05, 0.1) is 79.3 Å². The number of hydrogen-bond acceptors (Lipinski definition) is 7. The van der Waals surface area contributed by atoms with E-state index in [1.165, 1.54) is 44.1 Å². The van der Waals surface area contributed by atoms with Gasteiger partial charge in [-0.1, -0.05) is 51.2 Å². The molecule has 36 heavy (non-hydrogen) atoms. The lowest BCUT2D eigenvalue weighted by molar-refractivity contribution is -0.0172. The van der Waals surface area contributed by atoms with Crippen LogP contribution < -0.4 is 4.74 Å². The summed E-state index contributed by atoms with van der Waals surface area (Å²) in [6, 6.07) is 8.44. The minimum Gasteiger partial charge on any atom is -0.491 e. The molecule has 0 N–H and O–H groups in total. The maximum absolute atomic E-state index is 5.75. The summed E-state index contributed by atoms with van der Waals surface area (Å²) in [6.07, 6.45) is 9.13. The fraction of sp³-hybridized carbons (Fsp3) is 0.786. The highest BCUT2D eigenvalue weighted by Gasteiger charge is 1.98. The number of hydrogen-bond donors (Lipinski definition) is 0. The predicted molar refractivity (Wildman–Crippen MR) is 145 cm³/mol. The van der Waals surface area contributed by atoms with Crippen LogP contribution in [0.15, 0.2) is 24.3 Å². The van der Waals surface area contributed by atoms with Crippen LogP contribution in [0.3, 0.4) is 0 Å². The van der Waals surface area contributed by atoms with Crippen molar-refractivity contribution >= 4 is 11.6 Å². The second kappa shape index (κ2) is 27.1. The van der Waals surface area contributed by atoms with Crippen LogP contribution in [0, 0.1) is 0 Å². The summed E-state index contributed by atoms with van der Waals surface area (Å²) >= 11 is 5.51. The van der Waals surface area contributed by atoms with Crippen molar-refractivity contribution in [2.45, 2.75) is 51.9 Å². The number of rotatable bonds is 28. The normalized spacial score (nSPS) is 11.3. The molecule has 1 aromatic rings. The quantitative estimate of drug-likeness (QED) is 0.107. The summed E-state index contributed by atoms with van der Waals surface area (Å²) < 4.78 is 38.3. The lowest BCUT2D eigenvalue weighted by Crippen LogP contribution is -2.15. The highest BCUT2D eigenvalue weighted by Crippen LogP contribution is 2.15. The van der Waals surface area contributed by atoms with Gasteiger partial charge in [-0.2, -0.15) is 0 Å². The van der Waals surface area contributed by atoms with Crippen LogP contribution >= 0.6 is 11.6 Å². The number of ether oxygens (including phenoxy) is 7. The average Bonchev–Trinajstić information content (AvgIpc) is 2.90. The number of unbranched alkanes of at least 4 members (excludes halogenated alkanes) is 5. The van der Waals surface area contributed by atoms with Crippen LogP contribution in [-0.4, -0.2) is 91.8 Å². The second-order valence-electron chi connectivity index (χ2n) is 8.37. The molecule has 7 nitrogen and oxygen atoms in total.